The molecule has 5 nitrogen and oxygen atoms in total. The Hall–Kier alpha value is -2.34. The Balaban J connectivity index is 1.83. The van der Waals surface area contributed by atoms with Crippen LogP contribution < -0.4 is 15.8 Å². The summed E-state index contributed by atoms with van der Waals surface area (Å²) in [6.45, 7) is 2.20. The van der Waals surface area contributed by atoms with Crippen molar-refractivity contribution in [2.45, 2.75) is 32.6 Å². The van der Waals surface area contributed by atoms with E-state index in [-0.39, 0.29) is 12.3 Å². The van der Waals surface area contributed by atoms with E-state index in [1.54, 1.807) is 7.11 Å². The van der Waals surface area contributed by atoms with E-state index in [4.69, 9.17) is 10.5 Å². The van der Waals surface area contributed by atoms with Crippen molar-refractivity contribution in [3.8, 4) is 5.75 Å². The number of fused-ring (bicyclic) bond motifs is 1. The Kier molecular flexibility index (Phi) is 5.08. The second kappa shape index (κ2) is 7.27. The van der Waals surface area contributed by atoms with Gasteiger partial charge in [-0.15, -0.1) is 11.3 Å². The van der Waals surface area contributed by atoms with Gasteiger partial charge >= 0.3 is 0 Å². The highest BCUT2D eigenvalue weighted by Gasteiger charge is 2.27. The first-order valence-corrected chi connectivity index (χ1v) is 9.17. The first kappa shape index (κ1) is 17.5. The Morgan fingerprint density at radius 1 is 1.36 bits per heavy atom. The number of primary amides is 1. The van der Waals surface area contributed by atoms with Crippen LogP contribution in [0.4, 0.5) is 5.00 Å². The number of methoxy groups -OCH3 is 1. The fourth-order valence-corrected chi connectivity index (χ4v) is 4.72. The van der Waals surface area contributed by atoms with Gasteiger partial charge in [0.2, 0.25) is 5.91 Å². The zero-order chi connectivity index (χ0) is 18.0. The molecule has 1 aromatic heterocycles. The number of benzene rings is 1. The molecule has 1 unspecified atom stereocenters. The molecule has 1 heterocycles. The lowest BCUT2D eigenvalue weighted by molar-refractivity contribution is -0.115. The smallest absolute Gasteiger partial charge is 0.251 e. The molecule has 2 amide bonds. The molecule has 0 fully saturated rings. The van der Waals surface area contributed by atoms with E-state index in [0.717, 1.165) is 30.4 Å². The topological polar surface area (TPSA) is 81.4 Å². The van der Waals surface area contributed by atoms with Gasteiger partial charge in [0.1, 0.15) is 10.8 Å². The fraction of sp³-hybridized carbons (Fsp3) is 0.368. The van der Waals surface area contributed by atoms with E-state index in [1.165, 1.54) is 16.2 Å². The van der Waals surface area contributed by atoms with Gasteiger partial charge in [-0.1, -0.05) is 25.1 Å². The largest absolute Gasteiger partial charge is 0.496 e. The van der Waals surface area contributed by atoms with Gasteiger partial charge in [-0.25, -0.2) is 0 Å². The van der Waals surface area contributed by atoms with Gasteiger partial charge in [0.05, 0.1) is 19.1 Å². The van der Waals surface area contributed by atoms with Gasteiger partial charge in [-0.05, 0) is 36.8 Å². The van der Waals surface area contributed by atoms with Crippen molar-refractivity contribution in [2.75, 3.05) is 12.4 Å². The number of carbonyl (C=O) groups excluding carboxylic acids is 2. The number of nitrogens with two attached hydrogens (primary N) is 1. The highest BCUT2D eigenvalue weighted by molar-refractivity contribution is 7.17. The highest BCUT2D eigenvalue weighted by atomic mass is 32.1. The number of carbonyl (C=O) groups is 2. The van der Waals surface area contributed by atoms with Crippen LogP contribution in [-0.2, 0) is 24.1 Å². The minimum atomic E-state index is -0.473. The summed E-state index contributed by atoms with van der Waals surface area (Å²) < 4.78 is 5.28. The quantitative estimate of drug-likeness (QED) is 0.861. The number of ether oxygens (including phenoxy) is 1. The van der Waals surface area contributed by atoms with Crippen LogP contribution in [0.2, 0.25) is 0 Å². The van der Waals surface area contributed by atoms with Crippen molar-refractivity contribution in [2.24, 2.45) is 11.7 Å². The van der Waals surface area contributed by atoms with Gasteiger partial charge in [0.25, 0.3) is 5.91 Å². The highest BCUT2D eigenvalue weighted by Crippen LogP contribution is 2.39. The standard InChI is InChI=1S/C19H22N2O3S/c1-11-7-8-13-15(9-11)25-19(17(13)18(20)23)21-16(22)10-12-5-3-4-6-14(12)24-2/h3-6,11H,7-10H2,1-2H3,(H2,20,23)(H,21,22). The third-order valence-electron chi connectivity index (χ3n) is 4.55. The molecule has 25 heavy (non-hydrogen) atoms. The van der Waals surface area contributed by atoms with Crippen molar-refractivity contribution in [3.63, 3.8) is 0 Å². The lowest BCUT2D eigenvalue weighted by atomic mass is 9.88. The van der Waals surface area contributed by atoms with Crippen LogP contribution in [0, 0.1) is 5.92 Å². The lowest BCUT2D eigenvalue weighted by Crippen LogP contribution is -2.20. The molecule has 3 N–H and O–H groups in total. The number of rotatable bonds is 5. The van der Waals surface area contributed by atoms with E-state index in [9.17, 15) is 9.59 Å². The van der Waals surface area contributed by atoms with Crippen LogP contribution in [0.1, 0.15) is 39.7 Å². The number of amides is 2. The molecule has 3 rings (SSSR count). The third kappa shape index (κ3) is 3.69. The van der Waals surface area contributed by atoms with Gasteiger partial charge in [-0.2, -0.15) is 0 Å². The zero-order valence-electron chi connectivity index (χ0n) is 14.4. The molecule has 0 aliphatic heterocycles. The number of nitrogens with one attached hydrogen (secondary N) is 1. The predicted octanol–water partition coefficient (Wildman–Crippen LogP) is 3.16. The Morgan fingerprint density at radius 2 is 2.12 bits per heavy atom. The lowest BCUT2D eigenvalue weighted by Gasteiger charge is -2.18. The Morgan fingerprint density at radius 3 is 2.84 bits per heavy atom. The molecule has 0 saturated heterocycles. The molecule has 0 radical (unpaired) electrons. The first-order valence-electron chi connectivity index (χ1n) is 8.35. The van der Waals surface area contributed by atoms with E-state index < -0.39 is 5.91 Å². The number of hydrogen-bond acceptors (Lipinski definition) is 4. The molecule has 132 valence electrons. The van der Waals surface area contributed by atoms with E-state index in [0.29, 0.717) is 22.2 Å². The summed E-state index contributed by atoms with van der Waals surface area (Å²) in [7, 11) is 1.58. The number of hydrogen-bond donors (Lipinski definition) is 2. The molecule has 1 aliphatic rings. The molecular formula is C19H22N2O3S. The predicted molar refractivity (Wildman–Crippen MR) is 99.4 cm³/mol. The fourth-order valence-electron chi connectivity index (χ4n) is 3.29. The Bertz CT molecular complexity index is 813. The molecule has 6 heteroatoms. The van der Waals surface area contributed by atoms with Crippen molar-refractivity contribution in [1.29, 1.82) is 0 Å². The molecular weight excluding hydrogens is 336 g/mol. The maximum absolute atomic E-state index is 12.5. The number of para-hydroxylation sites is 1. The molecule has 1 atom stereocenters. The second-order valence-corrected chi connectivity index (χ2v) is 7.56. The molecule has 1 aliphatic carbocycles. The summed E-state index contributed by atoms with van der Waals surface area (Å²) in [5.74, 6) is 0.606. The van der Waals surface area contributed by atoms with Crippen molar-refractivity contribution < 1.29 is 14.3 Å². The van der Waals surface area contributed by atoms with Crippen LogP contribution in [0.3, 0.4) is 0 Å². The molecule has 2 aromatic rings. The maximum Gasteiger partial charge on any atom is 0.251 e. The number of anilines is 1. The monoisotopic (exact) mass is 358 g/mol. The average molecular weight is 358 g/mol. The summed E-state index contributed by atoms with van der Waals surface area (Å²) in [5.41, 5.74) is 7.90. The maximum atomic E-state index is 12.5. The van der Waals surface area contributed by atoms with Gasteiger partial charge < -0.3 is 15.8 Å². The zero-order valence-corrected chi connectivity index (χ0v) is 15.2. The van der Waals surface area contributed by atoms with Crippen molar-refractivity contribution in [1.82, 2.24) is 0 Å². The SMILES string of the molecule is COc1ccccc1CC(=O)Nc1sc2c(c1C(N)=O)CCC(C)C2. The molecule has 0 saturated carbocycles. The molecule has 1 aromatic carbocycles. The van der Waals surface area contributed by atoms with Crippen molar-refractivity contribution >= 4 is 28.2 Å². The van der Waals surface area contributed by atoms with Gasteiger partial charge in [-0.3, -0.25) is 9.59 Å². The van der Waals surface area contributed by atoms with Crippen molar-refractivity contribution in [3.05, 3.63) is 45.8 Å². The van der Waals surface area contributed by atoms with Gasteiger partial charge in [0, 0.05) is 10.4 Å². The van der Waals surface area contributed by atoms with Crippen LogP contribution in [0.25, 0.3) is 0 Å². The molecule has 0 bridgehead atoms. The number of thiophene rings is 1. The summed E-state index contributed by atoms with van der Waals surface area (Å²) in [4.78, 5) is 25.6. The van der Waals surface area contributed by atoms with Crippen LogP contribution >= 0.6 is 11.3 Å². The Labute approximate surface area is 151 Å². The van der Waals surface area contributed by atoms with Gasteiger partial charge in [0.15, 0.2) is 0 Å². The first-order chi connectivity index (χ1) is 12.0. The van der Waals surface area contributed by atoms with Crippen LogP contribution in [-0.4, -0.2) is 18.9 Å². The van der Waals surface area contributed by atoms with Crippen LogP contribution in [0.5, 0.6) is 5.75 Å². The normalized spacial score (nSPS) is 16.2. The third-order valence-corrected chi connectivity index (χ3v) is 5.72. The molecule has 0 spiro atoms. The summed E-state index contributed by atoms with van der Waals surface area (Å²) >= 11 is 1.48. The summed E-state index contributed by atoms with van der Waals surface area (Å²) in [6, 6.07) is 7.41. The van der Waals surface area contributed by atoms with E-state index in [1.807, 2.05) is 24.3 Å². The van der Waals surface area contributed by atoms with Crippen LogP contribution in [0.15, 0.2) is 24.3 Å². The average Bonchev–Trinajstić information content (AvgIpc) is 2.92. The summed E-state index contributed by atoms with van der Waals surface area (Å²) in [5, 5.41) is 3.46. The summed E-state index contributed by atoms with van der Waals surface area (Å²) in [6.07, 6.45) is 3.00. The van der Waals surface area contributed by atoms with E-state index >= 15 is 0 Å². The van der Waals surface area contributed by atoms with E-state index in [2.05, 4.69) is 12.2 Å². The second-order valence-electron chi connectivity index (χ2n) is 6.46. The minimum absolute atomic E-state index is 0.182. The minimum Gasteiger partial charge on any atom is -0.496 e.